The van der Waals surface area contributed by atoms with Crippen LogP contribution in [0.25, 0.3) is 11.3 Å². The highest BCUT2D eigenvalue weighted by Gasteiger charge is 2.25. The van der Waals surface area contributed by atoms with Gasteiger partial charge in [0.15, 0.2) is 0 Å². The average molecular weight is 541 g/mol. The number of benzene rings is 2. The third-order valence-electron chi connectivity index (χ3n) is 4.47. The largest absolute Gasteiger partial charge is 0.370 e. The van der Waals surface area contributed by atoms with E-state index >= 15 is 0 Å². The van der Waals surface area contributed by atoms with Crippen LogP contribution >= 0.6 is 34.2 Å². The topological polar surface area (TPSA) is 90.0 Å². The molecule has 156 valence electrons. The summed E-state index contributed by atoms with van der Waals surface area (Å²) in [6.07, 6.45) is 1.28. The van der Waals surface area contributed by atoms with E-state index in [-0.39, 0.29) is 21.6 Å². The van der Waals surface area contributed by atoms with Crippen LogP contribution < -0.4 is 11.1 Å². The number of nitrogens with one attached hydrogen (secondary N) is 1. The normalized spacial score (nSPS) is 12.9. The van der Waals surface area contributed by atoms with Crippen molar-refractivity contribution in [3.05, 3.63) is 76.7 Å². The first-order chi connectivity index (χ1) is 14.3. The minimum Gasteiger partial charge on any atom is -0.370 e. The lowest BCUT2D eigenvalue weighted by Crippen LogP contribution is -2.32. The molecule has 3 rings (SSSR count). The van der Waals surface area contributed by atoms with E-state index in [9.17, 15) is 14.0 Å². The summed E-state index contributed by atoms with van der Waals surface area (Å²) in [4.78, 5) is 24.7. The molecule has 3 aromatic rings. The Morgan fingerprint density at radius 2 is 2.00 bits per heavy atom. The van der Waals surface area contributed by atoms with Crippen molar-refractivity contribution in [3.8, 4) is 11.3 Å². The van der Waals surface area contributed by atoms with Gasteiger partial charge in [0.1, 0.15) is 9.87 Å². The average Bonchev–Trinajstić information content (AvgIpc) is 3.13. The van der Waals surface area contributed by atoms with Crippen LogP contribution in [0.15, 0.2) is 54.7 Å². The molecule has 0 aliphatic heterocycles. The first-order valence-corrected chi connectivity index (χ1v) is 10.7. The van der Waals surface area contributed by atoms with E-state index in [2.05, 4.69) is 33.0 Å². The van der Waals surface area contributed by atoms with Crippen molar-refractivity contribution in [3.63, 3.8) is 0 Å². The van der Waals surface area contributed by atoms with Crippen LogP contribution in [0.3, 0.4) is 0 Å². The number of carbonyl (C=O) groups excluding carboxylic acids is 2. The molecule has 0 spiro atoms. The Balaban J connectivity index is 2.01. The summed E-state index contributed by atoms with van der Waals surface area (Å²) < 4.78 is 16.0. The second-order valence-corrected chi connectivity index (χ2v) is 8.90. The second kappa shape index (κ2) is 9.57. The van der Waals surface area contributed by atoms with Crippen molar-refractivity contribution in [1.82, 2.24) is 15.1 Å². The summed E-state index contributed by atoms with van der Waals surface area (Å²) in [7, 11) is 0. The van der Waals surface area contributed by atoms with Gasteiger partial charge in [0.25, 0.3) is 5.91 Å². The number of alkyl halides is 1. The van der Waals surface area contributed by atoms with Crippen LogP contribution in [0.2, 0.25) is 5.02 Å². The number of primary amides is 1. The van der Waals surface area contributed by atoms with Crippen molar-refractivity contribution >= 4 is 46.0 Å². The van der Waals surface area contributed by atoms with Crippen LogP contribution in [0.4, 0.5) is 4.39 Å². The number of rotatable bonds is 7. The van der Waals surface area contributed by atoms with Crippen LogP contribution in [0, 0.1) is 5.82 Å². The van der Waals surface area contributed by atoms with Gasteiger partial charge in [0.2, 0.25) is 5.91 Å². The van der Waals surface area contributed by atoms with Gasteiger partial charge >= 0.3 is 0 Å². The molecule has 1 unspecified atom stereocenters. The summed E-state index contributed by atoms with van der Waals surface area (Å²) in [5.41, 5.74) is 6.83. The number of halogens is 3. The number of hydrogen-bond donors (Lipinski definition) is 2. The molecule has 0 saturated carbocycles. The predicted molar refractivity (Wildman–Crippen MR) is 122 cm³/mol. The Morgan fingerprint density at radius 1 is 1.27 bits per heavy atom. The third kappa shape index (κ3) is 4.99. The van der Waals surface area contributed by atoms with E-state index in [1.807, 2.05) is 6.92 Å². The van der Waals surface area contributed by atoms with Gasteiger partial charge in [-0.1, -0.05) is 58.5 Å². The first-order valence-electron chi connectivity index (χ1n) is 9.09. The van der Waals surface area contributed by atoms with E-state index in [4.69, 9.17) is 17.3 Å². The number of amides is 2. The molecule has 2 atom stereocenters. The zero-order valence-corrected chi connectivity index (χ0v) is 18.9. The van der Waals surface area contributed by atoms with Gasteiger partial charge < -0.3 is 11.1 Å². The van der Waals surface area contributed by atoms with E-state index in [1.54, 1.807) is 47.1 Å². The molecule has 1 heterocycles. The Hall–Kier alpha value is -2.46. The predicted octanol–water partition coefficient (Wildman–Crippen LogP) is 4.64. The highest BCUT2D eigenvalue weighted by atomic mass is 127. The maximum atomic E-state index is 14.5. The molecule has 6 nitrogen and oxygen atoms in total. The van der Waals surface area contributed by atoms with Crippen LogP contribution in [-0.2, 0) is 4.79 Å². The van der Waals surface area contributed by atoms with E-state index in [1.165, 1.54) is 12.3 Å². The van der Waals surface area contributed by atoms with Crippen molar-refractivity contribution in [2.24, 2.45) is 5.73 Å². The monoisotopic (exact) mass is 540 g/mol. The lowest BCUT2D eigenvalue weighted by atomic mass is 10.0. The first kappa shape index (κ1) is 22.2. The standard InChI is InChI=1S/C21H19ClFIN4O2/c1-12(24)28-20(15-7-2-3-8-17(15)23)16(11-26-28)21(30)27-18(10-19(25)29)13-5-4-6-14(22)9-13/h2-9,11-12,18H,10H2,1H3,(H2,25,29)(H,27,30)/t12?,18-/m0/s1. The lowest BCUT2D eigenvalue weighted by Gasteiger charge is -2.19. The van der Waals surface area contributed by atoms with Gasteiger partial charge in [-0.25, -0.2) is 4.39 Å². The van der Waals surface area contributed by atoms with E-state index in [0.717, 1.165) is 0 Å². The fourth-order valence-electron chi connectivity index (χ4n) is 3.13. The molecule has 0 aliphatic carbocycles. The molecular formula is C21H19ClFIN4O2. The zero-order chi connectivity index (χ0) is 21.8. The van der Waals surface area contributed by atoms with Crippen LogP contribution in [-0.4, -0.2) is 21.6 Å². The molecule has 0 aliphatic rings. The molecule has 2 amide bonds. The number of carbonyl (C=O) groups is 2. The van der Waals surface area contributed by atoms with Gasteiger partial charge in [-0.3, -0.25) is 14.3 Å². The Labute approximate surface area is 191 Å². The Bertz CT molecular complexity index is 1090. The second-order valence-electron chi connectivity index (χ2n) is 6.66. The molecule has 0 fully saturated rings. The van der Waals surface area contributed by atoms with Gasteiger partial charge in [-0.2, -0.15) is 5.10 Å². The summed E-state index contributed by atoms with van der Waals surface area (Å²) in [6, 6.07) is 12.3. The summed E-state index contributed by atoms with van der Waals surface area (Å²) in [5.74, 6) is -1.54. The fraction of sp³-hybridized carbons (Fsp3) is 0.190. The van der Waals surface area contributed by atoms with Crippen molar-refractivity contribution in [2.75, 3.05) is 0 Å². The SMILES string of the molecule is CC(I)n1ncc(C(=O)N[C@@H](CC(N)=O)c2cccc(Cl)c2)c1-c1ccccc1F. The van der Waals surface area contributed by atoms with Gasteiger partial charge in [0, 0.05) is 10.6 Å². The number of nitrogens with two attached hydrogens (primary N) is 1. The summed E-state index contributed by atoms with van der Waals surface area (Å²) in [5, 5.41) is 7.56. The molecule has 0 radical (unpaired) electrons. The quantitative estimate of drug-likeness (QED) is 0.338. The molecule has 3 N–H and O–H groups in total. The molecule has 0 saturated heterocycles. The number of nitrogens with zero attached hydrogens (tertiary/aromatic N) is 2. The Morgan fingerprint density at radius 3 is 2.63 bits per heavy atom. The number of hydrogen-bond acceptors (Lipinski definition) is 3. The third-order valence-corrected chi connectivity index (χ3v) is 5.23. The van der Waals surface area contributed by atoms with Gasteiger partial charge in [0.05, 0.1) is 29.9 Å². The highest BCUT2D eigenvalue weighted by Crippen LogP contribution is 2.31. The minimum atomic E-state index is -0.692. The molecule has 0 bridgehead atoms. The van der Waals surface area contributed by atoms with Gasteiger partial charge in [-0.05, 0) is 36.8 Å². The van der Waals surface area contributed by atoms with E-state index in [0.29, 0.717) is 16.3 Å². The van der Waals surface area contributed by atoms with Crippen LogP contribution in [0.1, 0.15) is 39.4 Å². The zero-order valence-electron chi connectivity index (χ0n) is 16.0. The maximum Gasteiger partial charge on any atom is 0.255 e. The lowest BCUT2D eigenvalue weighted by molar-refractivity contribution is -0.118. The molecule has 2 aromatic carbocycles. The van der Waals surface area contributed by atoms with Crippen molar-refractivity contribution < 1.29 is 14.0 Å². The highest BCUT2D eigenvalue weighted by molar-refractivity contribution is 14.1. The molecular weight excluding hydrogens is 522 g/mol. The molecule has 1 aromatic heterocycles. The molecule has 9 heteroatoms. The van der Waals surface area contributed by atoms with Crippen molar-refractivity contribution in [2.45, 2.75) is 23.4 Å². The smallest absolute Gasteiger partial charge is 0.255 e. The minimum absolute atomic E-state index is 0.113. The van der Waals surface area contributed by atoms with Crippen molar-refractivity contribution in [1.29, 1.82) is 0 Å². The van der Waals surface area contributed by atoms with Crippen LogP contribution in [0.5, 0.6) is 0 Å². The number of aromatic nitrogens is 2. The summed E-state index contributed by atoms with van der Waals surface area (Å²) in [6.45, 7) is 1.88. The van der Waals surface area contributed by atoms with E-state index < -0.39 is 23.7 Å². The molecule has 30 heavy (non-hydrogen) atoms. The maximum absolute atomic E-state index is 14.5. The Kier molecular flexibility index (Phi) is 7.09. The van der Waals surface area contributed by atoms with Gasteiger partial charge in [-0.15, -0.1) is 0 Å². The summed E-state index contributed by atoms with van der Waals surface area (Å²) >= 11 is 8.19. The fourth-order valence-corrected chi connectivity index (χ4v) is 3.75.